The molecule has 7 heteroatoms. The van der Waals surface area contributed by atoms with Gasteiger partial charge in [-0.1, -0.05) is 41.0 Å². The molecule has 20 heavy (non-hydrogen) atoms. The van der Waals surface area contributed by atoms with Gasteiger partial charge in [0.05, 0.1) is 12.8 Å². The maximum atomic E-state index is 11.5. The summed E-state index contributed by atoms with van der Waals surface area (Å²) >= 11 is 13.6. The summed E-state index contributed by atoms with van der Waals surface area (Å²) in [5, 5.41) is 1.84. The number of imidazole rings is 1. The van der Waals surface area contributed by atoms with E-state index in [0.717, 1.165) is 5.56 Å². The number of thioether (sulfide) groups is 1. The van der Waals surface area contributed by atoms with Crippen molar-refractivity contribution in [2.24, 2.45) is 0 Å². The lowest BCUT2D eigenvalue weighted by Gasteiger charge is -2.04. The predicted octanol–water partition coefficient (Wildman–Crippen LogP) is 4.19. The Balaban J connectivity index is 2.03. The topological polar surface area (TPSA) is 55.0 Å². The standard InChI is InChI=1S/C13H12Cl2N2O2S/c1-2-19-12(18)11-6-16-13(17-11)20-7-8-9(14)4-3-5-10(8)15/h3-6H,2,7H2,1H3,(H,16,17). The molecule has 2 aromatic rings. The van der Waals surface area contributed by atoms with Gasteiger partial charge in [-0.25, -0.2) is 9.78 Å². The summed E-state index contributed by atoms with van der Waals surface area (Å²) in [6.45, 7) is 2.08. The normalized spacial score (nSPS) is 10.6. The van der Waals surface area contributed by atoms with Crippen molar-refractivity contribution >= 4 is 40.9 Å². The molecule has 0 spiro atoms. The smallest absolute Gasteiger partial charge is 0.356 e. The lowest BCUT2D eigenvalue weighted by atomic mass is 10.2. The van der Waals surface area contributed by atoms with E-state index in [9.17, 15) is 4.79 Å². The second-order valence-electron chi connectivity index (χ2n) is 3.81. The minimum atomic E-state index is -0.414. The van der Waals surface area contributed by atoms with Gasteiger partial charge in [0.2, 0.25) is 0 Å². The van der Waals surface area contributed by atoms with Crippen molar-refractivity contribution in [3.63, 3.8) is 0 Å². The molecule has 0 saturated carbocycles. The monoisotopic (exact) mass is 330 g/mol. The van der Waals surface area contributed by atoms with Crippen LogP contribution in [0.4, 0.5) is 0 Å². The first-order valence-electron chi connectivity index (χ1n) is 5.89. The van der Waals surface area contributed by atoms with Crippen molar-refractivity contribution in [1.29, 1.82) is 0 Å². The zero-order valence-electron chi connectivity index (χ0n) is 10.7. The van der Waals surface area contributed by atoms with Gasteiger partial charge in [-0.2, -0.15) is 0 Å². The lowest BCUT2D eigenvalue weighted by Crippen LogP contribution is -2.04. The molecule has 0 bridgehead atoms. The molecule has 0 radical (unpaired) electrons. The Morgan fingerprint density at radius 3 is 2.75 bits per heavy atom. The number of aromatic nitrogens is 2. The van der Waals surface area contributed by atoms with Crippen LogP contribution in [0.1, 0.15) is 23.0 Å². The number of nitrogens with one attached hydrogen (secondary N) is 1. The molecule has 0 aliphatic heterocycles. The highest BCUT2D eigenvalue weighted by molar-refractivity contribution is 7.98. The number of hydrogen-bond acceptors (Lipinski definition) is 4. The highest BCUT2D eigenvalue weighted by atomic mass is 35.5. The van der Waals surface area contributed by atoms with Crippen molar-refractivity contribution in [3.05, 3.63) is 45.7 Å². The van der Waals surface area contributed by atoms with E-state index in [1.807, 2.05) is 0 Å². The summed E-state index contributed by atoms with van der Waals surface area (Å²) in [4.78, 5) is 18.5. The third kappa shape index (κ3) is 3.69. The molecule has 0 atom stereocenters. The number of nitrogens with zero attached hydrogens (tertiary/aromatic N) is 1. The fourth-order valence-corrected chi connectivity index (χ4v) is 3.09. The van der Waals surface area contributed by atoms with Gasteiger partial charge in [-0.3, -0.25) is 0 Å². The van der Waals surface area contributed by atoms with Crippen LogP contribution in [0.5, 0.6) is 0 Å². The third-order valence-corrected chi connectivity index (χ3v) is 4.08. The van der Waals surface area contributed by atoms with E-state index in [1.165, 1.54) is 18.0 Å². The zero-order chi connectivity index (χ0) is 14.5. The van der Waals surface area contributed by atoms with Crippen molar-refractivity contribution in [2.45, 2.75) is 17.8 Å². The predicted molar refractivity (Wildman–Crippen MR) is 80.6 cm³/mol. The highest BCUT2D eigenvalue weighted by Gasteiger charge is 2.12. The number of esters is 1. The summed E-state index contributed by atoms with van der Waals surface area (Å²) in [6.07, 6.45) is 1.45. The Hall–Kier alpha value is -1.17. The van der Waals surface area contributed by atoms with E-state index < -0.39 is 5.97 Å². The van der Waals surface area contributed by atoms with Gasteiger partial charge in [-0.05, 0) is 24.6 Å². The van der Waals surface area contributed by atoms with Crippen LogP contribution in [-0.4, -0.2) is 22.5 Å². The molecule has 1 aromatic heterocycles. The first kappa shape index (κ1) is 15.2. The fourth-order valence-electron chi connectivity index (χ4n) is 1.50. The summed E-state index contributed by atoms with van der Waals surface area (Å²) in [5.41, 5.74) is 1.18. The molecule has 0 amide bonds. The fraction of sp³-hybridized carbons (Fsp3) is 0.231. The molecule has 0 fully saturated rings. The van der Waals surface area contributed by atoms with E-state index in [1.54, 1.807) is 25.1 Å². The molecular weight excluding hydrogens is 319 g/mol. The Bertz CT molecular complexity index is 596. The highest BCUT2D eigenvalue weighted by Crippen LogP contribution is 2.30. The quantitative estimate of drug-likeness (QED) is 0.659. The zero-order valence-corrected chi connectivity index (χ0v) is 13.0. The SMILES string of the molecule is CCOC(=O)c1cnc(SCc2c(Cl)cccc2Cl)[nH]1. The van der Waals surface area contributed by atoms with Crippen LogP contribution in [0.2, 0.25) is 10.0 Å². The average molecular weight is 331 g/mol. The number of carbonyl (C=O) groups is 1. The molecular formula is C13H12Cl2N2O2S. The first-order valence-corrected chi connectivity index (χ1v) is 7.63. The van der Waals surface area contributed by atoms with Gasteiger partial charge in [0.15, 0.2) is 5.16 Å². The largest absolute Gasteiger partial charge is 0.461 e. The molecule has 0 aliphatic carbocycles. The molecule has 1 aromatic carbocycles. The van der Waals surface area contributed by atoms with Crippen molar-refractivity contribution in [3.8, 4) is 0 Å². The Kier molecular flexibility index (Phi) is 5.34. The molecule has 0 saturated heterocycles. The van der Waals surface area contributed by atoms with Gasteiger partial charge in [0, 0.05) is 15.8 Å². The lowest BCUT2D eigenvalue weighted by molar-refractivity contribution is 0.0519. The summed E-state index contributed by atoms with van der Waals surface area (Å²) in [5.74, 6) is 0.150. The van der Waals surface area contributed by atoms with E-state index in [4.69, 9.17) is 27.9 Å². The molecule has 106 valence electrons. The molecule has 0 aliphatic rings. The van der Waals surface area contributed by atoms with Gasteiger partial charge in [0.25, 0.3) is 0 Å². The Morgan fingerprint density at radius 2 is 2.10 bits per heavy atom. The molecule has 1 heterocycles. The summed E-state index contributed by atoms with van der Waals surface area (Å²) in [6, 6.07) is 5.37. The number of ether oxygens (including phenoxy) is 1. The van der Waals surface area contributed by atoms with Gasteiger partial charge in [-0.15, -0.1) is 0 Å². The number of rotatable bonds is 5. The average Bonchev–Trinajstić information content (AvgIpc) is 2.87. The number of carbonyl (C=O) groups excluding carboxylic acids is 1. The Morgan fingerprint density at radius 1 is 1.40 bits per heavy atom. The molecule has 0 unspecified atom stereocenters. The minimum absolute atomic E-state index is 0.329. The molecule has 1 N–H and O–H groups in total. The van der Waals surface area contributed by atoms with Crippen molar-refractivity contribution < 1.29 is 9.53 Å². The van der Waals surface area contributed by atoms with Crippen LogP contribution in [0, 0.1) is 0 Å². The number of H-pyrrole nitrogens is 1. The second-order valence-corrected chi connectivity index (χ2v) is 5.59. The first-order chi connectivity index (χ1) is 9.61. The van der Waals surface area contributed by atoms with Crippen LogP contribution in [0.15, 0.2) is 29.6 Å². The maximum Gasteiger partial charge on any atom is 0.356 e. The van der Waals surface area contributed by atoms with Crippen LogP contribution in [-0.2, 0) is 10.5 Å². The van der Waals surface area contributed by atoms with E-state index >= 15 is 0 Å². The summed E-state index contributed by atoms with van der Waals surface area (Å²) < 4.78 is 4.88. The Labute approximate surface area is 130 Å². The van der Waals surface area contributed by atoms with Crippen LogP contribution in [0.3, 0.4) is 0 Å². The van der Waals surface area contributed by atoms with E-state index in [2.05, 4.69) is 9.97 Å². The van der Waals surface area contributed by atoms with Crippen molar-refractivity contribution in [2.75, 3.05) is 6.61 Å². The second kappa shape index (κ2) is 7.02. The molecule has 2 rings (SSSR count). The third-order valence-electron chi connectivity index (χ3n) is 2.46. The molecule has 4 nitrogen and oxygen atoms in total. The minimum Gasteiger partial charge on any atom is -0.461 e. The number of benzene rings is 1. The van der Waals surface area contributed by atoms with Gasteiger partial charge in [0.1, 0.15) is 5.69 Å². The maximum absolute atomic E-state index is 11.5. The summed E-state index contributed by atoms with van der Waals surface area (Å²) in [7, 11) is 0. The van der Waals surface area contributed by atoms with Crippen LogP contribution < -0.4 is 0 Å². The van der Waals surface area contributed by atoms with Gasteiger partial charge >= 0.3 is 5.97 Å². The van der Waals surface area contributed by atoms with Crippen LogP contribution in [0.25, 0.3) is 0 Å². The van der Waals surface area contributed by atoms with Crippen molar-refractivity contribution in [1.82, 2.24) is 9.97 Å². The van der Waals surface area contributed by atoms with E-state index in [0.29, 0.717) is 33.3 Å². The van der Waals surface area contributed by atoms with Gasteiger partial charge < -0.3 is 9.72 Å². The van der Waals surface area contributed by atoms with Crippen LogP contribution >= 0.6 is 35.0 Å². The van der Waals surface area contributed by atoms with E-state index in [-0.39, 0.29) is 0 Å². The number of halogens is 2. The number of aromatic amines is 1. The number of hydrogen-bond donors (Lipinski definition) is 1.